The molecule has 1 fully saturated rings. The van der Waals surface area contributed by atoms with Crippen LogP contribution in [-0.4, -0.2) is 64.6 Å². The molecule has 2 aliphatic rings. The summed E-state index contributed by atoms with van der Waals surface area (Å²) in [6, 6.07) is 0.0836. The first-order valence-electron chi connectivity index (χ1n) is 9.15. The third kappa shape index (κ3) is 4.84. The third-order valence-corrected chi connectivity index (χ3v) is 5.15. The fourth-order valence-electron chi connectivity index (χ4n) is 3.31. The number of hydrogen-bond acceptors (Lipinski definition) is 4. The molecule has 0 saturated carbocycles. The van der Waals surface area contributed by atoms with Gasteiger partial charge in [0.25, 0.3) is 0 Å². The van der Waals surface area contributed by atoms with Crippen molar-refractivity contribution >= 4 is 17.5 Å². The summed E-state index contributed by atoms with van der Waals surface area (Å²) in [4.78, 5) is 24.4. The number of carbonyl (C=O) groups excluding carboxylic acids is 1. The first-order valence-corrected chi connectivity index (χ1v) is 9.53. The van der Waals surface area contributed by atoms with Crippen molar-refractivity contribution in [3.63, 3.8) is 0 Å². The Hall–Kier alpha value is -1.37. The molecule has 1 amide bonds. The van der Waals surface area contributed by atoms with E-state index in [1.54, 1.807) is 0 Å². The summed E-state index contributed by atoms with van der Waals surface area (Å²) in [5.41, 5.74) is 0.940. The minimum absolute atomic E-state index is 0.0836. The van der Waals surface area contributed by atoms with Gasteiger partial charge in [-0.25, -0.2) is 4.98 Å². The molecule has 25 heavy (non-hydrogen) atoms. The maximum absolute atomic E-state index is 12.5. The second-order valence-electron chi connectivity index (χ2n) is 6.73. The Morgan fingerprint density at radius 2 is 2.24 bits per heavy atom. The fourth-order valence-corrected chi connectivity index (χ4v) is 3.52. The van der Waals surface area contributed by atoms with Crippen LogP contribution in [0.2, 0.25) is 5.15 Å². The largest absolute Gasteiger partial charge is 0.378 e. The van der Waals surface area contributed by atoms with E-state index < -0.39 is 0 Å². The molecule has 2 aliphatic heterocycles. The number of hydrogen-bond donors (Lipinski definition) is 1. The van der Waals surface area contributed by atoms with E-state index in [-0.39, 0.29) is 11.9 Å². The smallest absolute Gasteiger partial charge is 0.224 e. The average Bonchev–Trinajstić information content (AvgIpc) is 3.25. The van der Waals surface area contributed by atoms with Gasteiger partial charge < -0.3 is 14.6 Å². The second-order valence-corrected chi connectivity index (χ2v) is 7.09. The first kappa shape index (κ1) is 18.4. The number of H-pyrrole nitrogens is 1. The van der Waals surface area contributed by atoms with Gasteiger partial charge in [0.05, 0.1) is 18.9 Å². The minimum atomic E-state index is 0.0836. The molecule has 7 heteroatoms. The van der Waals surface area contributed by atoms with E-state index in [2.05, 4.69) is 21.8 Å². The molecule has 1 saturated heterocycles. The fraction of sp³-hybridized carbons (Fsp3) is 0.667. The molecule has 3 rings (SSSR count). The summed E-state index contributed by atoms with van der Waals surface area (Å²) in [5, 5.41) is 0.548. The van der Waals surface area contributed by atoms with Crippen molar-refractivity contribution < 1.29 is 9.53 Å². The molecule has 0 aromatic carbocycles. The Morgan fingerprint density at radius 3 is 3.00 bits per heavy atom. The number of carbonyl (C=O) groups is 1. The molecule has 0 bridgehead atoms. The molecule has 3 heterocycles. The molecule has 0 aliphatic carbocycles. The van der Waals surface area contributed by atoms with Crippen LogP contribution >= 0.6 is 11.6 Å². The summed E-state index contributed by atoms with van der Waals surface area (Å²) in [7, 11) is 0. The lowest BCUT2D eigenvalue weighted by atomic mass is 10.1. The number of halogens is 1. The number of aromatic nitrogens is 2. The minimum Gasteiger partial charge on any atom is -0.378 e. The highest BCUT2D eigenvalue weighted by Crippen LogP contribution is 2.21. The third-order valence-electron chi connectivity index (χ3n) is 4.84. The summed E-state index contributed by atoms with van der Waals surface area (Å²) >= 11 is 6.32. The monoisotopic (exact) mass is 366 g/mol. The Bertz CT molecular complexity index is 608. The summed E-state index contributed by atoms with van der Waals surface area (Å²) in [6.45, 7) is 6.36. The number of nitrogens with one attached hydrogen (secondary N) is 1. The number of imidazole rings is 1. The van der Waals surface area contributed by atoms with E-state index >= 15 is 0 Å². The van der Waals surface area contributed by atoms with Crippen LogP contribution in [-0.2, 0) is 22.5 Å². The Labute approximate surface area is 154 Å². The van der Waals surface area contributed by atoms with Gasteiger partial charge in [-0.05, 0) is 6.42 Å². The summed E-state index contributed by atoms with van der Waals surface area (Å²) in [6.07, 6.45) is 7.71. The van der Waals surface area contributed by atoms with Gasteiger partial charge in [-0.15, -0.1) is 0 Å². The highest BCUT2D eigenvalue weighted by molar-refractivity contribution is 6.30. The summed E-state index contributed by atoms with van der Waals surface area (Å²) < 4.78 is 5.62. The van der Waals surface area contributed by atoms with E-state index in [0.717, 1.165) is 50.4 Å². The van der Waals surface area contributed by atoms with Crippen molar-refractivity contribution in [1.82, 2.24) is 19.8 Å². The Kier molecular flexibility index (Phi) is 6.51. The van der Waals surface area contributed by atoms with E-state index in [0.29, 0.717) is 31.3 Å². The maximum atomic E-state index is 12.5. The standard InChI is InChI=1S/C18H27ClN4O2/c1-2-3-6-16-20-15(18(19)21-16)12-23-9-10-25-13-14(23)11-17(24)22-7-4-5-8-22/h4-5,14H,2-3,6-13H2,1H3,(H,20,21). The zero-order valence-corrected chi connectivity index (χ0v) is 15.6. The lowest BCUT2D eigenvalue weighted by Crippen LogP contribution is -2.47. The van der Waals surface area contributed by atoms with Gasteiger partial charge in [-0.3, -0.25) is 9.69 Å². The number of rotatable bonds is 7. The van der Waals surface area contributed by atoms with Crippen LogP contribution < -0.4 is 0 Å². The van der Waals surface area contributed by atoms with Crippen LogP contribution in [0.5, 0.6) is 0 Å². The average molecular weight is 367 g/mol. The number of morpholine rings is 1. The number of nitrogens with zero attached hydrogens (tertiary/aromatic N) is 3. The number of amides is 1. The van der Waals surface area contributed by atoms with Crippen molar-refractivity contribution in [3.8, 4) is 0 Å². The SMILES string of the molecule is CCCCc1nc(Cl)c(CN2CCOCC2CC(=O)N2CC=CC2)[nH]1. The molecule has 0 radical (unpaired) electrons. The molecular weight excluding hydrogens is 340 g/mol. The zero-order chi connectivity index (χ0) is 17.6. The lowest BCUT2D eigenvalue weighted by molar-refractivity contribution is -0.133. The quantitative estimate of drug-likeness (QED) is 0.753. The van der Waals surface area contributed by atoms with E-state index in [1.807, 2.05) is 17.1 Å². The normalized spacial score (nSPS) is 21.2. The van der Waals surface area contributed by atoms with Crippen molar-refractivity contribution in [2.24, 2.45) is 0 Å². The van der Waals surface area contributed by atoms with Crippen LogP contribution in [0.4, 0.5) is 0 Å². The van der Waals surface area contributed by atoms with Gasteiger partial charge in [-0.2, -0.15) is 0 Å². The van der Waals surface area contributed by atoms with Gasteiger partial charge in [0, 0.05) is 45.1 Å². The molecule has 0 spiro atoms. The van der Waals surface area contributed by atoms with Crippen LogP contribution in [0.25, 0.3) is 0 Å². The van der Waals surface area contributed by atoms with E-state index in [1.165, 1.54) is 0 Å². The van der Waals surface area contributed by atoms with E-state index in [4.69, 9.17) is 16.3 Å². The molecule has 1 aromatic rings. The number of aryl methyl sites for hydroxylation is 1. The van der Waals surface area contributed by atoms with Crippen molar-refractivity contribution in [3.05, 3.63) is 28.8 Å². The Balaban J connectivity index is 1.60. The molecule has 1 unspecified atom stereocenters. The van der Waals surface area contributed by atoms with Crippen molar-refractivity contribution in [2.45, 2.75) is 45.2 Å². The van der Waals surface area contributed by atoms with Crippen molar-refractivity contribution in [1.29, 1.82) is 0 Å². The van der Waals surface area contributed by atoms with Gasteiger partial charge in [-0.1, -0.05) is 37.1 Å². The van der Waals surface area contributed by atoms with Gasteiger partial charge in [0.15, 0.2) is 5.15 Å². The number of ether oxygens (including phenoxy) is 1. The predicted octanol–water partition coefficient (Wildman–Crippen LogP) is 2.39. The Morgan fingerprint density at radius 1 is 1.44 bits per heavy atom. The maximum Gasteiger partial charge on any atom is 0.224 e. The number of aromatic amines is 1. The van der Waals surface area contributed by atoms with Crippen LogP contribution in [0.3, 0.4) is 0 Å². The summed E-state index contributed by atoms with van der Waals surface area (Å²) in [5.74, 6) is 1.13. The molecule has 1 atom stereocenters. The molecule has 1 N–H and O–H groups in total. The van der Waals surface area contributed by atoms with Crippen LogP contribution in [0, 0.1) is 0 Å². The van der Waals surface area contributed by atoms with Gasteiger partial charge in [0.1, 0.15) is 5.82 Å². The highest BCUT2D eigenvalue weighted by atomic mass is 35.5. The first-order chi connectivity index (χ1) is 12.2. The van der Waals surface area contributed by atoms with Gasteiger partial charge in [0.2, 0.25) is 5.91 Å². The van der Waals surface area contributed by atoms with Crippen molar-refractivity contribution in [2.75, 3.05) is 32.8 Å². The van der Waals surface area contributed by atoms with Gasteiger partial charge >= 0.3 is 0 Å². The molecule has 138 valence electrons. The highest BCUT2D eigenvalue weighted by Gasteiger charge is 2.28. The second kappa shape index (κ2) is 8.83. The number of unbranched alkanes of at least 4 members (excludes halogenated alkanes) is 1. The topological polar surface area (TPSA) is 61.5 Å². The van der Waals surface area contributed by atoms with Crippen LogP contribution in [0.1, 0.15) is 37.7 Å². The van der Waals surface area contributed by atoms with E-state index in [9.17, 15) is 4.79 Å². The molecule has 1 aromatic heterocycles. The predicted molar refractivity (Wildman–Crippen MR) is 97.6 cm³/mol. The lowest BCUT2D eigenvalue weighted by Gasteiger charge is -2.35. The van der Waals surface area contributed by atoms with Crippen LogP contribution in [0.15, 0.2) is 12.2 Å². The zero-order valence-electron chi connectivity index (χ0n) is 14.8. The molecular formula is C18H27ClN4O2. The molecule has 6 nitrogen and oxygen atoms in total.